The maximum Gasteiger partial charge on any atom is -0.0194 e. The van der Waals surface area contributed by atoms with Crippen LogP contribution in [0.2, 0.25) is 0 Å². The minimum atomic E-state index is 0.775. The zero-order valence-electron chi connectivity index (χ0n) is 7.64. The molecule has 0 radical (unpaired) electrons. The van der Waals surface area contributed by atoms with Gasteiger partial charge in [-0.2, -0.15) is 0 Å². The van der Waals surface area contributed by atoms with Gasteiger partial charge in [0, 0.05) is 0 Å². The van der Waals surface area contributed by atoms with Crippen molar-refractivity contribution in [2.75, 3.05) is 0 Å². The molecule has 0 fully saturated rings. The van der Waals surface area contributed by atoms with Gasteiger partial charge in [-0.3, -0.25) is 0 Å². The quantitative estimate of drug-likeness (QED) is 0.575. The minimum absolute atomic E-state index is 0.775. The van der Waals surface area contributed by atoms with Crippen molar-refractivity contribution >= 4 is 0 Å². The average molecular weight is 150 g/mol. The fraction of sp³-hybridized carbons (Fsp3) is 0.636. The SMILES string of the molecule is CCCC(C)C1=CCCC=C1. The highest BCUT2D eigenvalue weighted by atomic mass is 14.1. The van der Waals surface area contributed by atoms with Gasteiger partial charge in [0.15, 0.2) is 0 Å². The first-order chi connectivity index (χ1) is 5.34. The van der Waals surface area contributed by atoms with Crippen LogP contribution in [0.25, 0.3) is 0 Å². The molecule has 62 valence electrons. The van der Waals surface area contributed by atoms with Gasteiger partial charge in [-0.15, -0.1) is 0 Å². The summed E-state index contributed by atoms with van der Waals surface area (Å²) in [6, 6.07) is 0. The van der Waals surface area contributed by atoms with Crippen LogP contribution >= 0.6 is 0 Å². The fourth-order valence-electron chi connectivity index (χ4n) is 1.60. The highest BCUT2D eigenvalue weighted by molar-refractivity contribution is 5.24. The largest absolute Gasteiger partial charge is 0.0840 e. The molecule has 1 atom stereocenters. The third kappa shape index (κ3) is 2.53. The van der Waals surface area contributed by atoms with E-state index in [9.17, 15) is 0 Å². The third-order valence-corrected chi connectivity index (χ3v) is 2.31. The second-order valence-corrected chi connectivity index (χ2v) is 3.37. The van der Waals surface area contributed by atoms with E-state index < -0.39 is 0 Å². The third-order valence-electron chi connectivity index (χ3n) is 2.31. The molecule has 0 bridgehead atoms. The van der Waals surface area contributed by atoms with Crippen molar-refractivity contribution in [2.24, 2.45) is 5.92 Å². The first kappa shape index (κ1) is 8.58. The normalized spacial score (nSPS) is 19.6. The number of rotatable bonds is 3. The summed E-state index contributed by atoms with van der Waals surface area (Å²) in [6.45, 7) is 4.58. The molecule has 0 aliphatic heterocycles. The second-order valence-electron chi connectivity index (χ2n) is 3.37. The highest BCUT2D eigenvalue weighted by Gasteiger charge is 2.05. The minimum Gasteiger partial charge on any atom is -0.0840 e. The molecule has 1 rings (SSSR count). The van der Waals surface area contributed by atoms with Gasteiger partial charge in [0.25, 0.3) is 0 Å². The van der Waals surface area contributed by atoms with E-state index in [1.54, 1.807) is 5.57 Å². The molecule has 0 spiro atoms. The van der Waals surface area contributed by atoms with Gasteiger partial charge in [0.2, 0.25) is 0 Å². The van der Waals surface area contributed by atoms with Crippen LogP contribution in [0.5, 0.6) is 0 Å². The highest BCUT2D eigenvalue weighted by Crippen LogP contribution is 2.21. The van der Waals surface area contributed by atoms with Gasteiger partial charge in [0.1, 0.15) is 0 Å². The smallest absolute Gasteiger partial charge is 0.0194 e. The maximum absolute atomic E-state index is 2.39. The molecular formula is C11H18. The summed E-state index contributed by atoms with van der Waals surface area (Å²) < 4.78 is 0. The van der Waals surface area contributed by atoms with Crippen molar-refractivity contribution in [3.63, 3.8) is 0 Å². The molecule has 0 saturated heterocycles. The Balaban J connectivity index is 2.45. The van der Waals surface area contributed by atoms with Crippen LogP contribution in [0.1, 0.15) is 39.5 Å². The van der Waals surface area contributed by atoms with Crippen LogP contribution in [-0.2, 0) is 0 Å². The van der Waals surface area contributed by atoms with Gasteiger partial charge in [-0.25, -0.2) is 0 Å². The first-order valence-corrected chi connectivity index (χ1v) is 4.71. The van der Waals surface area contributed by atoms with Gasteiger partial charge < -0.3 is 0 Å². The van der Waals surface area contributed by atoms with Gasteiger partial charge in [-0.05, 0) is 30.8 Å². The summed E-state index contributed by atoms with van der Waals surface area (Å²) in [7, 11) is 0. The number of hydrogen-bond acceptors (Lipinski definition) is 0. The van der Waals surface area contributed by atoms with Gasteiger partial charge in [0.05, 0.1) is 0 Å². The zero-order chi connectivity index (χ0) is 8.10. The molecule has 0 nitrogen and oxygen atoms in total. The molecule has 0 N–H and O–H groups in total. The van der Waals surface area contributed by atoms with E-state index in [2.05, 4.69) is 32.1 Å². The molecule has 0 aromatic rings. The van der Waals surface area contributed by atoms with Crippen molar-refractivity contribution < 1.29 is 0 Å². The molecular weight excluding hydrogens is 132 g/mol. The topological polar surface area (TPSA) is 0 Å². The Morgan fingerprint density at radius 3 is 2.82 bits per heavy atom. The van der Waals surface area contributed by atoms with Gasteiger partial charge in [-0.1, -0.05) is 38.5 Å². The Morgan fingerprint density at radius 2 is 2.27 bits per heavy atom. The van der Waals surface area contributed by atoms with E-state index in [0.717, 1.165) is 5.92 Å². The maximum atomic E-state index is 2.39. The van der Waals surface area contributed by atoms with E-state index in [1.165, 1.54) is 25.7 Å². The Labute approximate surface area is 70.0 Å². The number of hydrogen-bond donors (Lipinski definition) is 0. The van der Waals surface area contributed by atoms with E-state index >= 15 is 0 Å². The van der Waals surface area contributed by atoms with E-state index in [1.807, 2.05) is 0 Å². The van der Waals surface area contributed by atoms with Crippen molar-refractivity contribution in [3.8, 4) is 0 Å². The van der Waals surface area contributed by atoms with Crippen molar-refractivity contribution in [1.82, 2.24) is 0 Å². The summed E-state index contributed by atoms with van der Waals surface area (Å²) in [4.78, 5) is 0. The van der Waals surface area contributed by atoms with E-state index in [-0.39, 0.29) is 0 Å². The van der Waals surface area contributed by atoms with Crippen LogP contribution in [0.4, 0.5) is 0 Å². The van der Waals surface area contributed by atoms with Crippen LogP contribution in [0, 0.1) is 5.92 Å². The van der Waals surface area contributed by atoms with Crippen LogP contribution in [0.15, 0.2) is 23.8 Å². The predicted molar refractivity (Wildman–Crippen MR) is 50.5 cm³/mol. The van der Waals surface area contributed by atoms with Crippen LogP contribution < -0.4 is 0 Å². The molecule has 0 aromatic heterocycles. The lowest BCUT2D eigenvalue weighted by Crippen LogP contribution is -1.98. The molecule has 1 aliphatic carbocycles. The summed E-state index contributed by atoms with van der Waals surface area (Å²) in [5.41, 5.74) is 1.55. The second kappa shape index (κ2) is 4.38. The van der Waals surface area contributed by atoms with Gasteiger partial charge >= 0.3 is 0 Å². The molecule has 0 heterocycles. The van der Waals surface area contributed by atoms with Crippen molar-refractivity contribution in [3.05, 3.63) is 23.8 Å². The van der Waals surface area contributed by atoms with Crippen molar-refractivity contribution in [2.45, 2.75) is 39.5 Å². The predicted octanol–water partition coefficient (Wildman–Crippen LogP) is 3.70. The Hall–Kier alpha value is -0.520. The number of allylic oxidation sites excluding steroid dienone is 4. The summed E-state index contributed by atoms with van der Waals surface area (Å²) >= 11 is 0. The zero-order valence-corrected chi connectivity index (χ0v) is 7.64. The summed E-state index contributed by atoms with van der Waals surface area (Å²) in [5.74, 6) is 0.775. The fourth-order valence-corrected chi connectivity index (χ4v) is 1.60. The Kier molecular flexibility index (Phi) is 3.41. The van der Waals surface area contributed by atoms with Crippen LogP contribution in [0.3, 0.4) is 0 Å². The lowest BCUT2D eigenvalue weighted by molar-refractivity contribution is 0.607. The molecule has 1 unspecified atom stereocenters. The van der Waals surface area contributed by atoms with Crippen LogP contribution in [-0.4, -0.2) is 0 Å². The molecule has 11 heavy (non-hydrogen) atoms. The first-order valence-electron chi connectivity index (χ1n) is 4.71. The van der Waals surface area contributed by atoms with E-state index in [4.69, 9.17) is 0 Å². The average Bonchev–Trinajstić information content (AvgIpc) is 2.07. The Bertz CT molecular complexity index is 163. The monoisotopic (exact) mass is 150 g/mol. The van der Waals surface area contributed by atoms with Crippen molar-refractivity contribution in [1.29, 1.82) is 0 Å². The molecule has 0 heteroatoms. The lowest BCUT2D eigenvalue weighted by atomic mass is 9.92. The standard InChI is InChI=1S/C11H18/c1-3-7-10(2)11-8-5-4-6-9-11/h5,8-10H,3-4,6-7H2,1-2H3. The molecule has 1 aliphatic rings. The lowest BCUT2D eigenvalue weighted by Gasteiger charge is -2.13. The molecule has 0 saturated carbocycles. The van der Waals surface area contributed by atoms with E-state index in [0.29, 0.717) is 0 Å². The molecule has 0 aromatic carbocycles. The summed E-state index contributed by atoms with van der Waals surface area (Å²) in [5, 5.41) is 0. The molecule has 0 amide bonds. The summed E-state index contributed by atoms with van der Waals surface area (Å²) in [6.07, 6.45) is 12.1. The Morgan fingerprint density at radius 1 is 1.45 bits per heavy atom.